The second-order valence-corrected chi connectivity index (χ2v) is 7.60. The summed E-state index contributed by atoms with van der Waals surface area (Å²) in [5.41, 5.74) is 2.64. The number of aromatic nitrogens is 2. The van der Waals surface area contributed by atoms with Crippen molar-refractivity contribution >= 4 is 23.3 Å². The van der Waals surface area contributed by atoms with Crippen molar-refractivity contribution in [1.82, 2.24) is 9.78 Å². The molecule has 0 saturated carbocycles. The lowest BCUT2D eigenvalue weighted by Gasteiger charge is -2.13. The van der Waals surface area contributed by atoms with E-state index in [1.165, 1.54) is 14.2 Å². The van der Waals surface area contributed by atoms with Gasteiger partial charge in [0.1, 0.15) is 29.1 Å². The van der Waals surface area contributed by atoms with Gasteiger partial charge >= 0.3 is 0 Å². The number of benzene rings is 2. The van der Waals surface area contributed by atoms with Crippen molar-refractivity contribution in [3.63, 3.8) is 0 Å². The third-order valence-electron chi connectivity index (χ3n) is 5.52. The van der Waals surface area contributed by atoms with Gasteiger partial charge in [-0.1, -0.05) is 12.1 Å². The molecule has 3 aromatic rings. The fraction of sp³-hybridized carbons (Fsp3) is 0.292. The minimum Gasteiger partial charge on any atom is -0.497 e. The van der Waals surface area contributed by atoms with Crippen LogP contribution in [0.1, 0.15) is 18.2 Å². The lowest BCUT2D eigenvalue weighted by molar-refractivity contribution is -0.123. The maximum atomic E-state index is 12.9. The summed E-state index contributed by atoms with van der Waals surface area (Å²) in [6.45, 7) is 0.238. The van der Waals surface area contributed by atoms with Crippen molar-refractivity contribution in [2.45, 2.75) is 19.1 Å². The number of fused-ring (bicyclic) bond motifs is 1. The van der Waals surface area contributed by atoms with Gasteiger partial charge in [0.25, 0.3) is 5.91 Å². The zero-order valence-corrected chi connectivity index (χ0v) is 19.4. The van der Waals surface area contributed by atoms with E-state index in [0.29, 0.717) is 34.4 Å². The van der Waals surface area contributed by atoms with Crippen LogP contribution in [-0.4, -0.2) is 50.0 Å². The molecule has 1 atom stereocenters. The standard InChI is InChI=1S/C24H26N4O6/c1-31-13-18-22(14-6-5-7-15(10-14)32-2)23-26-24(30)19(28(23)27-18)12-21(29)25-17-11-16(33-3)8-9-20(17)34-4/h5-11,19H,12-13H2,1-4H3,(H,25,29)(H,26,30). The average molecular weight is 466 g/mol. The lowest BCUT2D eigenvalue weighted by atomic mass is 10.1. The number of amides is 2. The number of ether oxygens (including phenoxy) is 4. The molecule has 0 saturated heterocycles. The van der Waals surface area contributed by atoms with Crippen molar-refractivity contribution in [2.75, 3.05) is 39.1 Å². The molecule has 178 valence electrons. The largest absolute Gasteiger partial charge is 0.497 e. The summed E-state index contributed by atoms with van der Waals surface area (Å²) in [6, 6.07) is 11.7. The molecule has 2 aromatic carbocycles. The first-order chi connectivity index (χ1) is 16.5. The molecule has 1 aliphatic rings. The zero-order chi connectivity index (χ0) is 24.2. The van der Waals surface area contributed by atoms with Crippen molar-refractivity contribution < 1.29 is 28.5 Å². The Kier molecular flexibility index (Phi) is 6.69. The molecule has 0 radical (unpaired) electrons. The fourth-order valence-electron chi connectivity index (χ4n) is 3.93. The molecule has 2 amide bonds. The monoisotopic (exact) mass is 466 g/mol. The van der Waals surface area contributed by atoms with Gasteiger partial charge in [-0.2, -0.15) is 5.10 Å². The Morgan fingerprint density at radius 1 is 1.06 bits per heavy atom. The van der Waals surface area contributed by atoms with Gasteiger partial charge < -0.3 is 29.6 Å². The molecule has 10 nitrogen and oxygen atoms in total. The zero-order valence-electron chi connectivity index (χ0n) is 19.4. The van der Waals surface area contributed by atoms with Crippen LogP contribution >= 0.6 is 0 Å². The van der Waals surface area contributed by atoms with Crippen LogP contribution in [0.4, 0.5) is 11.5 Å². The highest BCUT2D eigenvalue weighted by atomic mass is 16.5. The molecule has 10 heteroatoms. The first-order valence-corrected chi connectivity index (χ1v) is 10.6. The van der Waals surface area contributed by atoms with Gasteiger partial charge in [0.2, 0.25) is 5.91 Å². The smallest absolute Gasteiger partial charge is 0.251 e. The summed E-state index contributed by atoms with van der Waals surface area (Å²) in [5.74, 6) is 1.55. The van der Waals surface area contributed by atoms with E-state index in [9.17, 15) is 9.59 Å². The lowest BCUT2D eigenvalue weighted by Crippen LogP contribution is -2.24. The Bertz CT molecular complexity index is 1220. The van der Waals surface area contributed by atoms with Crippen molar-refractivity contribution in [3.8, 4) is 28.4 Å². The van der Waals surface area contributed by atoms with Gasteiger partial charge in [-0.15, -0.1) is 0 Å². The van der Waals surface area contributed by atoms with Crippen LogP contribution in [-0.2, 0) is 20.9 Å². The number of carbonyl (C=O) groups excluding carboxylic acids is 2. The third-order valence-corrected chi connectivity index (χ3v) is 5.52. The van der Waals surface area contributed by atoms with Gasteiger partial charge in [-0.25, -0.2) is 4.68 Å². The Morgan fingerprint density at radius 3 is 2.53 bits per heavy atom. The predicted octanol–water partition coefficient (Wildman–Crippen LogP) is 3.24. The minimum absolute atomic E-state index is 0.120. The summed E-state index contributed by atoms with van der Waals surface area (Å²) < 4.78 is 22.8. The molecule has 1 aliphatic heterocycles. The topological polar surface area (TPSA) is 113 Å². The van der Waals surface area contributed by atoms with Crippen LogP contribution in [0.2, 0.25) is 0 Å². The second kappa shape index (κ2) is 9.84. The first-order valence-electron chi connectivity index (χ1n) is 10.6. The maximum Gasteiger partial charge on any atom is 0.251 e. The number of carbonyl (C=O) groups is 2. The highest BCUT2D eigenvalue weighted by Gasteiger charge is 2.37. The summed E-state index contributed by atoms with van der Waals surface area (Å²) >= 11 is 0. The summed E-state index contributed by atoms with van der Waals surface area (Å²) in [6.07, 6.45) is -0.120. The molecule has 34 heavy (non-hydrogen) atoms. The molecule has 1 unspecified atom stereocenters. The van der Waals surface area contributed by atoms with Crippen molar-refractivity contribution in [3.05, 3.63) is 48.2 Å². The third kappa shape index (κ3) is 4.40. The molecule has 0 spiro atoms. The van der Waals surface area contributed by atoms with E-state index in [1.807, 2.05) is 24.3 Å². The molecule has 0 aliphatic carbocycles. The normalized spacial score (nSPS) is 14.4. The van der Waals surface area contributed by atoms with Crippen LogP contribution in [0.3, 0.4) is 0 Å². The van der Waals surface area contributed by atoms with Crippen molar-refractivity contribution in [1.29, 1.82) is 0 Å². The SMILES string of the molecule is COCc1nn2c(c1-c1cccc(OC)c1)NC(=O)C2CC(=O)Nc1cc(OC)ccc1OC. The van der Waals surface area contributed by atoms with E-state index in [2.05, 4.69) is 15.7 Å². The van der Waals surface area contributed by atoms with Gasteiger partial charge in [-0.3, -0.25) is 9.59 Å². The molecule has 2 heterocycles. The van der Waals surface area contributed by atoms with Crippen molar-refractivity contribution in [2.24, 2.45) is 0 Å². The average Bonchev–Trinajstić information content (AvgIpc) is 3.33. The second-order valence-electron chi connectivity index (χ2n) is 7.60. The summed E-state index contributed by atoms with van der Waals surface area (Å²) in [4.78, 5) is 25.7. The Hall–Kier alpha value is -4.05. The van der Waals surface area contributed by atoms with Crippen LogP contribution < -0.4 is 24.8 Å². The summed E-state index contributed by atoms with van der Waals surface area (Å²) in [5, 5.41) is 10.3. The van der Waals surface area contributed by atoms with E-state index >= 15 is 0 Å². The first kappa shape index (κ1) is 23.1. The predicted molar refractivity (Wildman–Crippen MR) is 125 cm³/mol. The Labute approximate surface area is 196 Å². The molecular formula is C24H26N4O6. The Morgan fingerprint density at radius 2 is 1.82 bits per heavy atom. The molecule has 2 N–H and O–H groups in total. The molecule has 0 fully saturated rings. The van der Waals surface area contributed by atoms with Crippen LogP contribution in [0.25, 0.3) is 11.1 Å². The highest BCUT2D eigenvalue weighted by Crippen LogP contribution is 2.40. The van der Waals surface area contributed by atoms with Crippen LogP contribution in [0.5, 0.6) is 17.2 Å². The quantitative estimate of drug-likeness (QED) is 0.498. The van der Waals surface area contributed by atoms with Gasteiger partial charge in [0.15, 0.2) is 0 Å². The fourth-order valence-corrected chi connectivity index (χ4v) is 3.93. The number of methoxy groups -OCH3 is 4. The minimum atomic E-state index is -0.818. The molecule has 4 rings (SSSR count). The number of nitrogens with one attached hydrogen (secondary N) is 2. The van der Waals surface area contributed by atoms with E-state index in [1.54, 1.807) is 37.1 Å². The molecule has 0 bridgehead atoms. The van der Waals surface area contributed by atoms with E-state index in [4.69, 9.17) is 18.9 Å². The number of anilines is 2. The highest BCUT2D eigenvalue weighted by molar-refractivity contribution is 6.04. The van der Waals surface area contributed by atoms with Crippen LogP contribution in [0, 0.1) is 0 Å². The van der Waals surface area contributed by atoms with Gasteiger partial charge in [0.05, 0.1) is 51.3 Å². The summed E-state index contributed by atoms with van der Waals surface area (Å²) in [7, 11) is 6.21. The number of hydrogen-bond acceptors (Lipinski definition) is 7. The van der Waals surface area contributed by atoms with E-state index in [-0.39, 0.29) is 24.8 Å². The maximum absolute atomic E-state index is 12.9. The van der Waals surface area contributed by atoms with E-state index in [0.717, 1.165) is 11.1 Å². The number of hydrogen-bond donors (Lipinski definition) is 2. The van der Waals surface area contributed by atoms with E-state index < -0.39 is 6.04 Å². The molecule has 1 aromatic heterocycles. The van der Waals surface area contributed by atoms with Gasteiger partial charge in [0, 0.05) is 13.2 Å². The number of nitrogens with zero attached hydrogens (tertiary/aromatic N) is 2. The molecular weight excluding hydrogens is 440 g/mol. The van der Waals surface area contributed by atoms with Gasteiger partial charge in [-0.05, 0) is 29.8 Å². The van der Waals surface area contributed by atoms with Crippen LogP contribution in [0.15, 0.2) is 42.5 Å². The Balaban J connectivity index is 1.63. The number of rotatable bonds is 9.